The van der Waals surface area contributed by atoms with Gasteiger partial charge in [0.1, 0.15) is 5.75 Å². The number of benzene rings is 1. The summed E-state index contributed by atoms with van der Waals surface area (Å²) in [6.07, 6.45) is 4.61. The maximum atomic E-state index is 6.09. The first-order valence-electron chi connectivity index (χ1n) is 7.15. The Morgan fingerprint density at radius 3 is 2.63 bits per heavy atom. The number of halogens is 1. The summed E-state index contributed by atoms with van der Waals surface area (Å²) >= 11 is 6.09. The quantitative estimate of drug-likeness (QED) is 0.761. The number of hydrogen-bond acceptors (Lipinski definition) is 2. The fraction of sp³-hybridized carbons (Fsp3) is 0.625. The van der Waals surface area contributed by atoms with Gasteiger partial charge in [-0.25, -0.2) is 0 Å². The third-order valence-corrected chi connectivity index (χ3v) is 3.42. The highest BCUT2D eigenvalue weighted by molar-refractivity contribution is 6.30. The highest BCUT2D eigenvalue weighted by Gasteiger charge is 2.13. The van der Waals surface area contributed by atoms with Crippen LogP contribution in [0.4, 0.5) is 0 Å². The number of hydrogen-bond donors (Lipinski definition) is 1. The monoisotopic (exact) mass is 283 g/mol. The molecule has 1 rings (SSSR count). The molecule has 3 heteroatoms. The van der Waals surface area contributed by atoms with E-state index < -0.39 is 0 Å². The van der Waals surface area contributed by atoms with Gasteiger partial charge in [-0.15, -0.1) is 0 Å². The van der Waals surface area contributed by atoms with Gasteiger partial charge in [-0.2, -0.15) is 0 Å². The third kappa shape index (κ3) is 5.84. The van der Waals surface area contributed by atoms with Crippen molar-refractivity contribution in [3.63, 3.8) is 0 Å². The van der Waals surface area contributed by atoms with Crippen LogP contribution in [0.15, 0.2) is 18.2 Å². The van der Waals surface area contributed by atoms with Gasteiger partial charge in [0.25, 0.3) is 0 Å². The molecule has 0 amide bonds. The van der Waals surface area contributed by atoms with Crippen LogP contribution in [-0.2, 0) is 6.42 Å². The number of unbranched alkanes of at least 4 members (excludes halogenated alkanes) is 1. The van der Waals surface area contributed by atoms with Gasteiger partial charge in [0.2, 0.25) is 0 Å². The normalized spacial score (nSPS) is 12.7. The molecular weight excluding hydrogens is 258 g/mol. The van der Waals surface area contributed by atoms with Gasteiger partial charge in [-0.1, -0.05) is 45.2 Å². The van der Waals surface area contributed by atoms with Crippen LogP contribution in [0.2, 0.25) is 5.02 Å². The maximum absolute atomic E-state index is 6.09. The van der Waals surface area contributed by atoms with Gasteiger partial charge >= 0.3 is 0 Å². The van der Waals surface area contributed by atoms with Crippen molar-refractivity contribution in [1.29, 1.82) is 0 Å². The molecular formula is C16H26ClNO. The summed E-state index contributed by atoms with van der Waals surface area (Å²) in [5, 5.41) is 4.41. The molecule has 1 aromatic carbocycles. The Balaban J connectivity index is 2.78. The predicted octanol–water partition coefficient (Wildman–Crippen LogP) is 4.45. The van der Waals surface area contributed by atoms with Crippen molar-refractivity contribution >= 4 is 11.6 Å². The first-order chi connectivity index (χ1) is 9.06. The first-order valence-corrected chi connectivity index (χ1v) is 7.53. The van der Waals surface area contributed by atoms with Crippen LogP contribution in [0.5, 0.6) is 5.75 Å². The second-order valence-electron chi connectivity index (χ2n) is 5.32. The minimum Gasteiger partial charge on any atom is -0.496 e. The molecule has 0 radical (unpaired) electrons. The van der Waals surface area contributed by atoms with Crippen LogP contribution in [0.3, 0.4) is 0 Å². The second-order valence-corrected chi connectivity index (χ2v) is 5.76. The molecule has 0 heterocycles. The zero-order valence-electron chi connectivity index (χ0n) is 12.5. The summed E-state index contributed by atoms with van der Waals surface area (Å²) in [6.45, 7) is 6.61. The van der Waals surface area contributed by atoms with Crippen molar-refractivity contribution < 1.29 is 4.74 Å². The number of nitrogens with one attached hydrogen (secondary N) is 1. The lowest BCUT2D eigenvalue weighted by molar-refractivity contribution is 0.393. The standard InChI is InChI=1S/C16H26ClNO/c1-5-6-7-15(18-12(2)3)11-13-10-14(17)8-9-16(13)19-4/h8-10,12,15,18H,5-7,11H2,1-4H3. The fourth-order valence-electron chi connectivity index (χ4n) is 2.34. The molecule has 1 unspecified atom stereocenters. The Bertz CT molecular complexity index is 379. The van der Waals surface area contributed by atoms with Gasteiger partial charge < -0.3 is 10.1 Å². The van der Waals surface area contributed by atoms with Crippen molar-refractivity contribution in [2.24, 2.45) is 0 Å². The van der Waals surface area contributed by atoms with E-state index in [1.807, 2.05) is 18.2 Å². The van der Waals surface area contributed by atoms with Crippen LogP contribution in [-0.4, -0.2) is 19.2 Å². The number of ether oxygens (including phenoxy) is 1. The Labute approximate surface area is 122 Å². The topological polar surface area (TPSA) is 21.3 Å². The number of methoxy groups -OCH3 is 1. The summed E-state index contributed by atoms with van der Waals surface area (Å²) in [5.74, 6) is 0.927. The predicted molar refractivity (Wildman–Crippen MR) is 83.3 cm³/mol. The van der Waals surface area contributed by atoms with Gasteiger partial charge in [-0.3, -0.25) is 0 Å². The van der Waals surface area contributed by atoms with Crippen molar-refractivity contribution in [3.8, 4) is 5.75 Å². The molecule has 1 N–H and O–H groups in total. The van der Waals surface area contributed by atoms with Gasteiger partial charge in [0, 0.05) is 17.1 Å². The smallest absolute Gasteiger partial charge is 0.122 e. The average Bonchev–Trinajstić information content (AvgIpc) is 2.35. The summed E-state index contributed by atoms with van der Waals surface area (Å²) < 4.78 is 5.42. The van der Waals surface area contributed by atoms with E-state index in [0.29, 0.717) is 12.1 Å². The lowest BCUT2D eigenvalue weighted by Gasteiger charge is -2.22. The van der Waals surface area contributed by atoms with E-state index in [1.54, 1.807) is 7.11 Å². The highest BCUT2D eigenvalue weighted by Crippen LogP contribution is 2.24. The summed E-state index contributed by atoms with van der Waals surface area (Å²) in [7, 11) is 1.71. The molecule has 0 bridgehead atoms. The zero-order valence-corrected chi connectivity index (χ0v) is 13.3. The first kappa shape index (κ1) is 16.3. The third-order valence-electron chi connectivity index (χ3n) is 3.18. The van der Waals surface area contributed by atoms with Crippen LogP contribution in [0.1, 0.15) is 45.6 Å². The molecule has 0 aliphatic carbocycles. The van der Waals surface area contributed by atoms with E-state index >= 15 is 0 Å². The molecule has 2 nitrogen and oxygen atoms in total. The Morgan fingerprint density at radius 2 is 2.05 bits per heavy atom. The Kier molecular flexibility index (Phi) is 7.25. The maximum Gasteiger partial charge on any atom is 0.122 e. The molecule has 0 saturated carbocycles. The van der Waals surface area contributed by atoms with E-state index in [-0.39, 0.29) is 0 Å². The largest absolute Gasteiger partial charge is 0.496 e. The Morgan fingerprint density at radius 1 is 1.32 bits per heavy atom. The molecule has 1 aromatic rings. The molecule has 0 spiro atoms. The van der Waals surface area contributed by atoms with Crippen molar-refractivity contribution in [2.45, 2.75) is 58.5 Å². The zero-order chi connectivity index (χ0) is 14.3. The minimum absolute atomic E-state index is 0.479. The van der Waals surface area contributed by atoms with E-state index in [9.17, 15) is 0 Å². The molecule has 0 aliphatic heterocycles. The van der Waals surface area contributed by atoms with E-state index in [2.05, 4.69) is 26.1 Å². The molecule has 0 aliphatic rings. The average molecular weight is 284 g/mol. The van der Waals surface area contributed by atoms with Gasteiger partial charge in [0.15, 0.2) is 0 Å². The molecule has 0 fully saturated rings. The lowest BCUT2D eigenvalue weighted by atomic mass is 9.99. The summed E-state index contributed by atoms with van der Waals surface area (Å²) in [6, 6.07) is 6.81. The SMILES string of the molecule is CCCCC(Cc1cc(Cl)ccc1OC)NC(C)C. The van der Waals surface area contributed by atoms with E-state index in [0.717, 1.165) is 17.2 Å². The Hall–Kier alpha value is -0.730. The molecule has 1 atom stereocenters. The molecule has 19 heavy (non-hydrogen) atoms. The van der Waals surface area contributed by atoms with Crippen molar-refractivity contribution in [2.75, 3.05) is 7.11 Å². The summed E-state index contributed by atoms with van der Waals surface area (Å²) in [5.41, 5.74) is 1.18. The second kappa shape index (κ2) is 8.44. The van der Waals surface area contributed by atoms with Crippen molar-refractivity contribution in [3.05, 3.63) is 28.8 Å². The van der Waals surface area contributed by atoms with Gasteiger partial charge in [0.05, 0.1) is 7.11 Å². The number of rotatable bonds is 8. The van der Waals surface area contributed by atoms with Crippen LogP contribution in [0.25, 0.3) is 0 Å². The molecule has 0 aromatic heterocycles. The minimum atomic E-state index is 0.479. The highest BCUT2D eigenvalue weighted by atomic mass is 35.5. The fourth-order valence-corrected chi connectivity index (χ4v) is 2.53. The summed E-state index contributed by atoms with van der Waals surface area (Å²) in [4.78, 5) is 0. The van der Waals surface area contributed by atoms with Crippen LogP contribution in [0, 0.1) is 0 Å². The van der Waals surface area contributed by atoms with Gasteiger partial charge in [-0.05, 0) is 36.6 Å². The van der Waals surface area contributed by atoms with E-state index in [4.69, 9.17) is 16.3 Å². The lowest BCUT2D eigenvalue weighted by Crippen LogP contribution is -2.36. The van der Waals surface area contributed by atoms with Crippen molar-refractivity contribution in [1.82, 2.24) is 5.32 Å². The van der Waals surface area contributed by atoms with Crippen LogP contribution >= 0.6 is 11.6 Å². The molecule has 0 saturated heterocycles. The molecule has 108 valence electrons. The van der Waals surface area contributed by atoms with Crippen LogP contribution < -0.4 is 10.1 Å². The van der Waals surface area contributed by atoms with E-state index in [1.165, 1.54) is 24.8 Å².